The molecule has 0 spiro atoms. The quantitative estimate of drug-likeness (QED) is 0.520. The van der Waals surface area contributed by atoms with Crippen LogP contribution >= 0.6 is 11.6 Å². The lowest BCUT2D eigenvalue weighted by Crippen LogP contribution is -2.33. The molecular formula is C23H27ClN4O3. The van der Waals surface area contributed by atoms with E-state index in [9.17, 15) is 9.59 Å². The highest BCUT2D eigenvalue weighted by molar-refractivity contribution is 6.30. The standard InChI is InChI=1S/C23H27ClN4O3/c1-3-4-13-27(2)23(30)15-28-20-8-6-5-7-19(20)26-21(28)14-25-22(29)16-31-18-11-9-17(24)10-12-18/h5-12H,3-4,13-16H2,1-2H3,(H,25,29). The van der Waals surface area contributed by atoms with Crippen molar-refractivity contribution in [1.82, 2.24) is 19.8 Å². The molecule has 164 valence electrons. The van der Waals surface area contributed by atoms with Gasteiger partial charge in [-0.1, -0.05) is 37.1 Å². The summed E-state index contributed by atoms with van der Waals surface area (Å²) in [6.07, 6.45) is 1.99. The van der Waals surface area contributed by atoms with Crippen LogP contribution in [0.15, 0.2) is 48.5 Å². The van der Waals surface area contributed by atoms with Crippen LogP contribution in [0.25, 0.3) is 11.0 Å². The van der Waals surface area contributed by atoms with Gasteiger partial charge in [0, 0.05) is 18.6 Å². The molecule has 2 aromatic carbocycles. The topological polar surface area (TPSA) is 76.5 Å². The van der Waals surface area contributed by atoms with Gasteiger partial charge in [0.15, 0.2) is 6.61 Å². The number of likely N-dealkylation sites (N-methyl/N-ethyl adjacent to an activating group) is 1. The summed E-state index contributed by atoms with van der Waals surface area (Å²) in [5.74, 6) is 0.918. The third kappa shape index (κ3) is 6.21. The molecule has 0 aliphatic carbocycles. The van der Waals surface area contributed by atoms with Crippen molar-refractivity contribution >= 4 is 34.4 Å². The number of fused-ring (bicyclic) bond motifs is 1. The normalized spacial score (nSPS) is 10.8. The Labute approximate surface area is 187 Å². The number of benzene rings is 2. The number of carbonyl (C=O) groups is 2. The van der Waals surface area contributed by atoms with Crippen molar-refractivity contribution in [2.45, 2.75) is 32.9 Å². The van der Waals surface area contributed by atoms with Gasteiger partial charge in [0.05, 0.1) is 17.6 Å². The number of imidazole rings is 1. The Morgan fingerprint density at radius 3 is 2.65 bits per heavy atom. The van der Waals surface area contributed by atoms with Crippen molar-refractivity contribution in [3.8, 4) is 5.75 Å². The van der Waals surface area contributed by atoms with Gasteiger partial charge in [-0.05, 0) is 42.8 Å². The van der Waals surface area contributed by atoms with Gasteiger partial charge in [-0.3, -0.25) is 9.59 Å². The van der Waals surface area contributed by atoms with E-state index in [2.05, 4.69) is 17.2 Å². The van der Waals surface area contributed by atoms with Crippen molar-refractivity contribution in [2.24, 2.45) is 0 Å². The van der Waals surface area contributed by atoms with Crippen molar-refractivity contribution in [1.29, 1.82) is 0 Å². The predicted octanol–water partition coefficient (Wildman–Crippen LogP) is 3.64. The minimum Gasteiger partial charge on any atom is -0.484 e. The number of hydrogen-bond donors (Lipinski definition) is 1. The lowest BCUT2D eigenvalue weighted by Gasteiger charge is -2.18. The van der Waals surface area contributed by atoms with E-state index in [1.165, 1.54) is 0 Å². The van der Waals surface area contributed by atoms with Crippen LogP contribution in [0.5, 0.6) is 5.75 Å². The lowest BCUT2D eigenvalue weighted by molar-refractivity contribution is -0.130. The predicted molar refractivity (Wildman–Crippen MR) is 121 cm³/mol. The number of nitrogens with one attached hydrogen (secondary N) is 1. The molecule has 0 unspecified atom stereocenters. The molecule has 0 aliphatic heterocycles. The zero-order chi connectivity index (χ0) is 22.2. The van der Waals surface area contributed by atoms with E-state index in [-0.39, 0.29) is 31.5 Å². The second-order valence-electron chi connectivity index (χ2n) is 7.29. The monoisotopic (exact) mass is 442 g/mol. The molecule has 0 bridgehead atoms. The van der Waals surface area contributed by atoms with Crippen LogP contribution in [0.3, 0.4) is 0 Å². The van der Waals surface area contributed by atoms with Crippen molar-refractivity contribution < 1.29 is 14.3 Å². The summed E-state index contributed by atoms with van der Waals surface area (Å²) in [5, 5.41) is 3.42. The number of aromatic nitrogens is 2. The fraction of sp³-hybridized carbons (Fsp3) is 0.348. The maximum absolute atomic E-state index is 12.7. The number of nitrogens with zero attached hydrogens (tertiary/aromatic N) is 3. The zero-order valence-corrected chi connectivity index (χ0v) is 18.6. The van der Waals surface area contributed by atoms with Gasteiger partial charge in [-0.2, -0.15) is 0 Å². The van der Waals surface area contributed by atoms with E-state index < -0.39 is 0 Å². The van der Waals surface area contributed by atoms with Crippen LogP contribution in [0.2, 0.25) is 5.02 Å². The van der Waals surface area contributed by atoms with E-state index in [0.717, 1.165) is 30.4 Å². The van der Waals surface area contributed by atoms with Gasteiger partial charge in [0.2, 0.25) is 5.91 Å². The van der Waals surface area contributed by atoms with Crippen molar-refractivity contribution in [3.05, 3.63) is 59.4 Å². The zero-order valence-electron chi connectivity index (χ0n) is 17.8. The van der Waals surface area contributed by atoms with E-state index in [1.807, 2.05) is 35.9 Å². The second-order valence-corrected chi connectivity index (χ2v) is 7.73. The van der Waals surface area contributed by atoms with E-state index >= 15 is 0 Å². The maximum Gasteiger partial charge on any atom is 0.258 e. The van der Waals surface area contributed by atoms with Crippen LogP contribution in [0, 0.1) is 0 Å². The fourth-order valence-electron chi connectivity index (χ4n) is 3.12. The SMILES string of the molecule is CCCCN(C)C(=O)Cn1c(CNC(=O)COc2ccc(Cl)cc2)nc2ccccc21. The first-order valence-electron chi connectivity index (χ1n) is 10.3. The van der Waals surface area contributed by atoms with Crippen LogP contribution in [0.1, 0.15) is 25.6 Å². The summed E-state index contributed by atoms with van der Waals surface area (Å²) in [4.78, 5) is 31.3. The van der Waals surface area contributed by atoms with Gasteiger partial charge in [-0.25, -0.2) is 4.98 Å². The Hall–Kier alpha value is -3.06. The van der Waals surface area contributed by atoms with Crippen LogP contribution < -0.4 is 10.1 Å². The maximum atomic E-state index is 12.7. The van der Waals surface area contributed by atoms with E-state index in [4.69, 9.17) is 16.3 Å². The third-order valence-electron chi connectivity index (χ3n) is 4.93. The molecule has 0 radical (unpaired) electrons. The summed E-state index contributed by atoms with van der Waals surface area (Å²) in [6, 6.07) is 14.4. The van der Waals surface area contributed by atoms with E-state index in [0.29, 0.717) is 16.6 Å². The Kier molecular flexibility index (Phi) is 7.89. The number of unbranched alkanes of at least 4 members (excludes halogenated alkanes) is 1. The number of hydrogen-bond acceptors (Lipinski definition) is 4. The second kappa shape index (κ2) is 10.8. The van der Waals surface area contributed by atoms with Gasteiger partial charge < -0.3 is 19.5 Å². The number of halogens is 1. The minimum absolute atomic E-state index is 0.00949. The number of amides is 2. The molecule has 1 heterocycles. The number of carbonyl (C=O) groups excluding carboxylic acids is 2. The highest BCUT2D eigenvalue weighted by atomic mass is 35.5. The molecule has 1 N–H and O–H groups in total. The largest absolute Gasteiger partial charge is 0.484 e. The summed E-state index contributed by atoms with van der Waals surface area (Å²) in [6.45, 7) is 3.06. The molecule has 31 heavy (non-hydrogen) atoms. The summed E-state index contributed by atoms with van der Waals surface area (Å²) in [5.41, 5.74) is 1.65. The molecule has 3 aromatic rings. The smallest absolute Gasteiger partial charge is 0.258 e. The highest BCUT2D eigenvalue weighted by Crippen LogP contribution is 2.17. The minimum atomic E-state index is -0.278. The molecule has 0 atom stereocenters. The molecule has 7 nitrogen and oxygen atoms in total. The van der Waals surface area contributed by atoms with Crippen molar-refractivity contribution in [3.63, 3.8) is 0 Å². The molecular weight excluding hydrogens is 416 g/mol. The average molecular weight is 443 g/mol. The first-order chi connectivity index (χ1) is 15.0. The first kappa shape index (κ1) is 22.6. The molecule has 8 heteroatoms. The van der Waals surface area contributed by atoms with Gasteiger partial charge in [0.1, 0.15) is 18.1 Å². The van der Waals surface area contributed by atoms with Crippen LogP contribution in [-0.2, 0) is 22.7 Å². The Balaban J connectivity index is 1.65. The van der Waals surface area contributed by atoms with Gasteiger partial charge >= 0.3 is 0 Å². The molecule has 2 amide bonds. The highest BCUT2D eigenvalue weighted by Gasteiger charge is 2.16. The van der Waals surface area contributed by atoms with Crippen LogP contribution in [-0.4, -0.2) is 46.5 Å². The molecule has 0 saturated heterocycles. The summed E-state index contributed by atoms with van der Waals surface area (Å²) >= 11 is 5.85. The summed E-state index contributed by atoms with van der Waals surface area (Å²) in [7, 11) is 1.81. The number of rotatable bonds is 10. The van der Waals surface area contributed by atoms with Gasteiger partial charge in [-0.15, -0.1) is 0 Å². The molecule has 1 aromatic heterocycles. The Morgan fingerprint density at radius 1 is 1.16 bits per heavy atom. The van der Waals surface area contributed by atoms with Crippen LogP contribution in [0.4, 0.5) is 0 Å². The number of para-hydroxylation sites is 2. The van der Waals surface area contributed by atoms with Crippen molar-refractivity contribution in [2.75, 3.05) is 20.2 Å². The Bertz CT molecular complexity index is 1030. The molecule has 3 rings (SSSR count). The summed E-state index contributed by atoms with van der Waals surface area (Å²) < 4.78 is 7.34. The Morgan fingerprint density at radius 2 is 1.90 bits per heavy atom. The third-order valence-corrected chi connectivity index (χ3v) is 5.18. The molecule has 0 aliphatic rings. The molecule has 0 saturated carbocycles. The fourth-order valence-corrected chi connectivity index (χ4v) is 3.25. The molecule has 0 fully saturated rings. The first-order valence-corrected chi connectivity index (χ1v) is 10.7. The average Bonchev–Trinajstić information content (AvgIpc) is 3.12. The number of ether oxygens (including phenoxy) is 1. The van der Waals surface area contributed by atoms with Gasteiger partial charge in [0.25, 0.3) is 5.91 Å². The van der Waals surface area contributed by atoms with E-state index in [1.54, 1.807) is 29.2 Å². The lowest BCUT2D eigenvalue weighted by atomic mass is 10.3.